The smallest absolute Gasteiger partial charge is 0.322 e. The molecule has 1 aliphatic heterocycles. The van der Waals surface area contributed by atoms with Crippen molar-refractivity contribution in [2.45, 2.75) is 25.3 Å². The third-order valence-corrected chi connectivity index (χ3v) is 3.92. The van der Waals surface area contributed by atoms with Gasteiger partial charge in [0.1, 0.15) is 5.54 Å². The Kier molecular flexibility index (Phi) is 3.41. The van der Waals surface area contributed by atoms with Gasteiger partial charge in [-0.25, -0.2) is 10.6 Å². The molecule has 0 saturated carbocycles. The quantitative estimate of drug-likeness (QED) is 0.505. The van der Waals surface area contributed by atoms with Gasteiger partial charge in [0.25, 0.3) is 5.91 Å². The average molecular weight is 312 g/mol. The molecular weight excluding hydrogens is 298 g/mol. The summed E-state index contributed by atoms with van der Waals surface area (Å²) in [5.41, 5.74) is 0.178. The molecule has 0 bridgehead atoms. The van der Waals surface area contributed by atoms with Gasteiger partial charge in [-0.05, 0) is 31.4 Å². The Morgan fingerprint density at radius 2 is 2.06 bits per heavy atom. The Labute approximate surface area is 113 Å². The van der Waals surface area contributed by atoms with Gasteiger partial charge in [0.2, 0.25) is 0 Å². The molecule has 1 aromatic carbocycles. The second-order valence-corrected chi connectivity index (χ2v) is 5.38. The molecule has 6 heteroatoms. The van der Waals surface area contributed by atoms with Crippen LogP contribution in [0.3, 0.4) is 0 Å². The number of nitrogens with two attached hydrogens (primary N) is 1. The van der Waals surface area contributed by atoms with Crippen molar-refractivity contribution in [2.24, 2.45) is 5.84 Å². The lowest BCUT2D eigenvalue weighted by atomic mass is 9.93. The maximum absolute atomic E-state index is 11.8. The van der Waals surface area contributed by atoms with Crippen LogP contribution in [0.15, 0.2) is 28.7 Å². The van der Waals surface area contributed by atoms with E-state index >= 15 is 0 Å². The summed E-state index contributed by atoms with van der Waals surface area (Å²) in [6, 6.07) is 7.25. The molecule has 1 aromatic rings. The van der Waals surface area contributed by atoms with Crippen LogP contribution in [0.25, 0.3) is 0 Å². The van der Waals surface area contributed by atoms with E-state index in [0.29, 0.717) is 17.9 Å². The van der Waals surface area contributed by atoms with Crippen LogP contribution in [-0.2, 0) is 11.2 Å². The van der Waals surface area contributed by atoms with Crippen LogP contribution >= 0.6 is 15.9 Å². The van der Waals surface area contributed by atoms with Crippen molar-refractivity contribution in [3.05, 3.63) is 34.3 Å². The summed E-state index contributed by atoms with van der Waals surface area (Å²) in [6.45, 7) is 1.69. The molecular formula is C12H14BrN3O2. The highest BCUT2D eigenvalue weighted by atomic mass is 79.9. The number of halogens is 1. The molecule has 3 amide bonds. The standard InChI is InChI=1S/C12H14BrN3O2/c1-12(10(17)16(14)11(18)15-12)7-6-8-4-2-3-5-9(8)13/h2-5H,6-7,14H2,1H3,(H,15,18)/t12-/m0/s1. The van der Waals surface area contributed by atoms with E-state index in [9.17, 15) is 9.59 Å². The first-order valence-electron chi connectivity index (χ1n) is 5.59. The first kappa shape index (κ1) is 13.0. The Morgan fingerprint density at radius 1 is 1.39 bits per heavy atom. The Morgan fingerprint density at radius 3 is 2.61 bits per heavy atom. The van der Waals surface area contributed by atoms with Crippen molar-refractivity contribution in [1.29, 1.82) is 0 Å². The van der Waals surface area contributed by atoms with E-state index in [-0.39, 0.29) is 5.91 Å². The van der Waals surface area contributed by atoms with Crippen LogP contribution in [0.4, 0.5) is 4.79 Å². The number of nitrogens with one attached hydrogen (secondary N) is 1. The monoisotopic (exact) mass is 311 g/mol. The molecule has 96 valence electrons. The number of aryl methyl sites for hydroxylation is 1. The highest BCUT2D eigenvalue weighted by Gasteiger charge is 2.46. The van der Waals surface area contributed by atoms with E-state index in [1.54, 1.807) is 6.92 Å². The summed E-state index contributed by atoms with van der Waals surface area (Å²) >= 11 is 3.45. The summed E-state index contributed by atoms with van der Waals surface area (Å²) in [4.78, 5) is 23.2. The SMILES string of the molecule is C[C@@]1(CCc2ccccc2Br)NC(=O)N(N)C1=O. The molecule has 1 aliphatic rings. The largest absolute Gasteiger partial charge is 0.339 e. The second-order valence-electron chi connectivity index (χ2n) is 4.53. The maximum Gasteiger partial charge on any atom is 0.339 e. The third-order valence-electron chi connectivity index (χ3n) is 3.14. The van der Waals surface area contributed by atoms with Gasteiger partial charge in [-0.1, -0.05) is 34.1 Å². The van der Waals surface area contributed by atoms with Crippen LogP contribution in [-0.4, -0.2) is 22.5 Å². The number of carbonyl (C=O) groups is 2. The van der Waals surface area contributed by atoms with Gasteiger partial charge in [-0.2, -0.15) is 5.01 Å². The minimum Gasteiger partial charge on any atom is -0.322 e. The van der Waals surface area contributed by atoms with Gasteiger partial charge >= 0.3 is 6.03 Å². The average Bonchev–Trinajstić information content (AvgIpc) is 2.53. The minimum atomic E-state index is -0.916. The normalized spacial score (nSPS) is 23.4. The predicted octanol–water partition coefficient (Wildman–Crippen LogP) is 1.57. The summed E-state index contributed by atoms with van der Waals surface area (Å²) in [6.07, 6.45) is 1.19. The van der Waals surface area contributed by atoms with Crippen molar-refractivity contribution < 1.29 is 9.59 Å². The van der Waals surface area contributed by atoms with Crippen molar-refractivity contribution in [1.82, 2.24) is 10.3 Å². The van der Waals surface area contributed by atoms with Crippen molar-refractivity contribution in [2.75, 3.05) is 0 Å². The number of amides is 3. The van der Waals surface area contributed by atoms with Gasteiger partial charge in [0, 0.05) is 4.47 Å². The van der Waals surface area contributed by atoms with E-state index in [0.717, 1.165) is 10.0 Å². The molecule has 1 heterocycles. The number of carbonyl (C=O) groups excluding carboxylic acids is 2. The van der Waals surface area contributed by atoms with Gasteiger partial charge in [0.15, 0.2) is 0 Å². The topological polar surface area (TPSA) is 75.4 Å². The molecule has 3 N–H and O–H groups in total. The number of imide groups is 1. The van der Waals surface area contributed by atoms with Crippen LogP contribution in [0.5, 0.6) is 0 Å². The van der Waals surface area contributed by atoms with E-state index in [4.69, 9.17) is 5.84 Å². The summed E-state index contributed by atoms with van der Waals surface area (Å²) in [5, 5.41) is 3.26. The molecule has 0 aromatic heterocycles. The lowest BCUT2D eigenvalue weighted by Crippen LogP contribution is -2.45. The Balaban J connectivity index is 2.09. The number of hydrogen-bond donors (Lipinski definition) is 2. The molecule has 1 atom stereocenters. The molecule has 5 nitrogen and oxygen atoms in total. The van der Waals surface area contributed by atoms with E-state index in [1.807, 2.05) is 24.3 Å². The highest BCUT2D eigenvalue weighted by Crippen LogP contribution is 2.24. The van der Waals surface area contributed by atoms with Gasteiger partial charge < -0.3 is 5.32 Å². The molecule has 0 radical (unpaired) electrons. The van der Waals surface area contributed by atoms with Gasteiger partial charge in [-0.15, -0.1) is 0 Å². The molecule has 2 rings (SSSR count). The van der Waals surface area contributed by atoms with Crippen molar-refractivity contribution >= 4 is 27.9 Å². The van der Waals surface area contributed by atoms with Crippen LogP contribution in [0.2, 0.25) is 0 Å². The number of urea groups is 1. The van der Waals surface area contributed by atoms with Gasteiger partial charge in [0.05, 0.1) is 0 Å². The maximum atomic E-state index is 11.8. The number of nitrogens with zero attached hydrogens (tertiary/aromatic N) is 1. The fraction of sp³-hybridized carbons (Fsp3) is 0.333. The fourth-order valence-corrected chi connectivity index (χ4v) is 2.45. The molecule has 0 spiro atoms. The number of benzene rings is 1. The first-order chi connectivity index (χ1) is 8.44. The third kappa shape index (κ3) is 2.26. The lowest BCUT2D eigenvalue weighted by Gasteiger charge is -2.20. The highest BCUT2D eigenvalue weighted by molar-refractivity contribution is 9.10. The zero-order valence-corrected chi connectivity index (χ0v) is 11.5. The van der Waals surface area contributed by atoms with Crippen LogP contribution < -0.4 is 11.2 Å². The predicted molar refractivity (Wildman–Crippen MR) is 70.4 cm³/mol. The van der Waals surface area contributed by atoms with E-state index in [1.165, 1.54) is 0 Å². The first-order valence-corrected chi connectivity index (χ1v) is 6.38. The summed E-state index contributed by atoms with van der Waals surface area (Å²) in [7, 11) is 0. The molecule has 0 aliphatic carbocycles. The number of rotatable bonds is 3. The number of hydrogen-bond acceptors (Lipinski definition) is 3. The molecule has 0 unspecified atom stereocenters. The van der Waals surface area contributed by atoms with Gasteiger partial charge in [-0.3, -0.25) is 4.79 Å². The van der Waals surface area contributed by atoms with Crippen molar-refractivity contribution in [3.63, 3.8) is 0 Å². The van der Waals surface area contributed by atoms with Crippen molar-refractivity contribution in [3.8, 4) is 0 Å². The van der Waals surface area contributed by atoms with E-state index in [2.05, 4.69) is 21.2 Å². The molecule has 1 fully saturated rings. The summed E-state index contributed by atoms with van der Waals surface area (Å²) in [5.74, 6) is 4.97. The van der Waals surface area contributed by atoms with Crippen LogP contribution in [0, 0.1) is 0 Å². The minimum absolute atomic E-state index is 0.389. The van der Waals surface area contributed by atoms with Crippen LogP contribution in [0.1, 0.15) is 18.9 Å². The molecule has 18 heavy (non-hydrogen) atoms. The zero-order valence-electron chi connectivity index (χ0n) is 9.94. The fourth-order valence-electron chi connectivity index (χ4n) is 1.96. The lowest BCUT2D eigenvalue weighted by molar-refractivity contribution is -0.131. The zero-order chi connectivity index (χ0) is 13.3. The molecule has 1 saturated heterocycles. The number of hydrazine groups is 1. The Bertz CT molecular complexity index is 506. The second kappa shape index (κ2) is 4.70. The summed E-state index contributed by atoms with van der Waals surface area (Å²) < 4.78 is 0.995. The Hall–Kier alpha value is -1.40. The van der Waals surface area contributed by atoms with E-state index < -0.39 is 11.6 Å².